The van der Waals surface area contributed by atoms with Gasteiger partial charge in [0, 0.05) is 18.2 Å². The maximum Gasteiger partial charge on any atom is 0.128 e. The maximum absolute atomic E-state index is 13.1. The topological polar surface area (TPSA) is 58.9 Å². The number of halogens is 1. The molecule has 18 heavy (non-hydrogen) atoms. The van der Waals surface area contributed by atoms with Crippen LogP contribution in [0.1, 0.15) is 25.5 Å². The van der Waals surface area contributed by atoms with Gasteiger partial charge < -0.3 is 19.7 Å². The molecule has 0 radical (unpaired) electrons. The van der Waals surface area contributed by atoms with Crippen LogP contribution in [0.4, 0.5) is 4.39 Å². The number of aliphatic hydroxyl groups is 2. The van der Waals surface area contributed by atoms with E-state index in [4.69, 9.17) is 9.47 Å². The van der Waals surface area contributed by atoms with Crippen molar-refractivity contribution in [2.24, 2.45) is 0 Å². The highest BCUT2D eigenvalue weighted by Gasteiger charge is 2.12. The predicted molar refractivity (Wildman–Crippen MR) is 65.0 cm³/mol. The molecule has 0 amide bonds. The first-order valence-corrected chi connectivity index (χ1v) is 5.90. The first-order valence-electron chi connectivity index (χ1n) is 5.90. The summed E-state index contributed by atoms with van der Waals surface area (Å²) in [6, 6.07) is 3.91. The third-order valence-electron chi connectivity index (χ3n) is 2.37. The quantitative estimate of drug-likeness (QED) is 0.781. The molecule has 1 aromatic rings. The molecule has 5 heteroatoms. The van der Waals surface area contributed by atoms with Crippen LogP contribution in [0, 0.1) is 5.82 Å². The second kappa shape index (κ2) is 7.31. The van der Waals surface area contributed by atoms with Crippen molar-refractivity contribution in [1.29, 1.82) is 0 Å². The van der Waals surface area contributed by atoms with Crippen molar-refractivity contribution in [2.75, 3.05) is 19.8 Å². The molecule has 0 aliphatic rings. The van der Waals surface area contributed by atoms with Gasteiger partial charge in [0.05, 0.1) is 12.7 Å². The summed E-state index contributed by atoms with van der Waals surface area (Å²) in [5, 5.41) is 19.0. The van der Waals surface area contributed by atoms with Gasteiger partial charge in [0.2, 0.25) is 0 Å². The van der Waals surface area contributed by atoms with Crippen LogP contribution in [-0.4, -0.2) is 36.1 Å². The van der Waals surface area contributed by atoms with Gasteiger partial charge in [-0.15, -0.1) is 0 Å². The largest absolute Gasteiger partial charge is 0.490 e. The fraction of sp³-hybridized carbons (Fsp3) is 0.538. The van der Waals surface area contributed by atoms with Gasteiger partial charge in [0.25, 0.3) is 0 Å². The van der Waals surface area contributed by atoms with Crippen LogP contribution in [0.15, 0.2) is 18.2 Å². The van der Waals surface area contributed by atoms with Gasteiger partial charge >= 0.3 is 0 Å². The van der Waals surface area contributed by atoms with E-state index in [0.717, 1.165) is 0 Å². The fourth-order valence-electron chi connectivity index (χ4n) is 1.47. The van der Waals surface area contributed by atoms with Crippen molar-refractivity contribution in [1.82, 2.24) is 0 Å². The summed E-state index contributed by atoms with van der Waals surface area (Å²) in [5.41, 5.74) is 0.486. The highest BCUT2D eigenvalue weighted by Crippen LogP contribution is 2.26. The normalized spacial score (nSPS) is 14.3. The Bertz CT molecular complexity index is 368. The van der Waals surface area contributed by atoms with Crippen LogP contribution >= 0.6 is 0 Å². The summed E-state index contributed by atoms with van der Waals surface area (Å²) in [4.78, 5) is 0. The van der Waals surface area contributed by atoms with Crippen LogP contribution in [-0.2, 0) is 4.74 Å². The van der Waals surface area contributed by atoms with E-state index in [1.165, 1.54) is 18.2 Å². The van der Waals surface area contributed by atoms with Crippen molar-refractivity contribution >= 4 is 0 Å². The van der Waals surface area contributed by atoms with E-state index in [0.29, 0.717) is 12.2 Å². The Morgan fingerprint density at radius 1 is 1.28 bits per heavy atom. The average Bonchev–Trinajstić information content (AvgIpc) is 2.33. The third kappa shape index (κ3) is 4.60. The average molecular weight is 258 g/mol. The molecule has 0 aliphatic carbocycles. The standard InChI is InChI=1S/C13H19FO4/c1-3-17-7-11(16)8-18-13-6-10(14)4-5-12(13)9(2)15/h4-6,9,11,15-16H,3,7-8H2,1-2H3/t9-,11?/m0/s1. The highest BCUT2D eigenvalue weighted by atomic mass is 19.1. The molecular formula is C13H19FO4. The van der Waals surface area contributed by atoms with E-state index < -0.39 is 18.0 Å². The molecule has 0 aromatic heterocycles. The van der Waals surface area contributed by atoms with Crippen LogP contribution in [0.3, 0.4) is 0 Å². The second-order valence-electron chi connectivity index (χ2n) is 3.98. The Hall–Kier alpha value is -1.17. The molecule has 102 valence electrons. The number of hydrogen-bond donors (Lipinski definition) is 2. The number of rotatable bonds is 7. The van der Waals surface area contributed by atoms with Gasteiger partial charge in [-0.25, -0.2) is 4.39 Å². The molecule has 1 rings (SSSR count). The van der Waals surface area contributed by atoms with E-state index in [2.05, 4.69) is 0 Å². The maximum atomic E-state index is 13.1. The zero-order valence-corrected chi connectivity index (χ0v) is 10.6. The zero-order valence-electron chi connectivity index (χ0n) is 10.6. The van der Waals surface area contributed by atoms with Crippen molar-refractivity contribution in [3.63, 3.8) is 0 Å². The summed E-state index contributed by atoms with van der Waals surface area (Å²) < 4.78 is 23.4. The van der Waals surface area contributed by atoms with Crippen LogP contribution in [0.25, 0.3) is 0 Å². The van der Waals surface area contributed by atoms with E-state index in [-0.39, 0.29) is 19.0 Å². The Balaban J connectivity index is 2.62. The predicted octanol–water partition coefficient (Wildman–Crippen LogP) is 1.66. The van der Waals surface area contributed by atoms with Crippen LogP contribution in [0.5, 0.6) is 5.75 Å². The van der Waals surface area contributed by atoms with E-state index >= 15 is 0 Å². The van der Waals surface area contributed by atoms with E-state index in [1.807, 2.05) is 6.92 Å². The smallest absolute Gasteiger partial charge is 0.128 e. The Labute approximate surface area is 106 Å². The molecule has 0 saturated carbocycles. The summed E-state index contributed by atoms with van der Waals surface area (Å²) in [6.07, 6.45) is -1.54. The van der Waals surface area contributed by atoms with E-state index in [9.17, 15) is 14.6 Å². The summed E-state index contributed by atoms with van der Waals surface area (Å²) in [7, 11) is 0. The Morgan fingerprint density at radius 2 is 2.00 bits per heavy atom. The molecule has 1 unspecified atom stereocenters. The number of benzene rings is 1. The molecule has 0 saturated heterocycles. The molecule has 0 bridgehead atoms. The zero-order chi connectivity index (χ0) is 13.5. The molecule has 4 nitrogen and oxygen atoms in total. The lowest BCUT2D eigenvalue weighted by Crippen LogP contribution is -2.23. The summed E-state index contributed by atoms with van der Waals surface area (Å²) in [6.45, 7) is 4.05. The third-order valence-corrected chi connectivity index (χ3v) is 2.37. The SMILES string of the molecule is CCOCC(O)COc1cc(F)ccc1[C@H](C)O. The lowest BCUT2D eigenvalue weighted by molar-refractivity contribution is 0.0157. The highest BCUT2D eigenvalue weighted by molar-refractivity contribution is 5.35. The molecule has 0 spiro atoms. The van der Waals surface area contributed by atoms with Gasteiger partial charge in [-0.3, -0.25) is 0 Å². The lowest BCUT2D eigenvalue weighted by atomic mass is 10.1. The second-order valence-corrected chi connectivity index (χ2v) is 3.98. The minimum Gasteiger partial charge on any atom is -0.490 e. The van der Waals surface area contributed by atoms with Crippen molar-refractivity contribution < 1.29 is 24.1 Å². The fourth-order valence-corrected chi connectivity index (χ4v) is 1.47. The Kier molecular flexibility index (Phi) is 6.04. The van der Waals surface area contributed by atoms with Crippen molar-refractivity contribution in [3.05, 3.63) is 29.6 Å². The minimum absolute atomic E-state index is 0.0107. The molecular weight excluding hydrogens is 239 g/mol. The Morgan fingerprint density at radius 3 is 2.61 bits per heavy atom. The summed E-state index contributed by atoms with van der Waals surface area (Å²) >= 11 is 0. The van der Waals surface area contributed by atoms with Gasteiger partial charge in [0.1, 0.15) is 24.3 Å². The van der Waals surface area contributed by atoms with Crippen LogP contribution < -0.4 is 4.74 Å². The monoisotopic (exact) mass is 258 g/mol. The minimum atomic E-state index is -0.782. The molecule has 2 atom stereocenters. The van der Waals surface area contributed by atoms with Crippen molar-refractivity contribution in [3.8, 4) is 5.75 Å². The first kappa shape index (κ1) is 14.9. The number of ether oxygens (including phenoxy) is 2. The van der Waals surface area contributed by atoms with E-state index in [1.54, 1.807) is 6.92 Å². The first-order chi connectivity index (χ1) is 8.54. The van der Waals surface area contributed by atoms with Gasteiger partial charge in [0.15, 0.2) is 0 Å². The molecule has 0 heterocycles. The summed E-state index contributed by atoms with van der Waals surface area (Å²) in [5.74, 6) is -0.214. The lowest BCUT2D eigenvalue weighted by Gasteiger charge is -2.16. The molecule has 0 fully saturated rings. The van der Waals surface area contributed by atoms with Crippen LogP contribution in [0.2, 0.25) is 0 Å². The molecule has 2 N–H and O–H groups in total. The van der Waals surface area contributed by atoms with Gasteiger partial charge in [-0.05, 0) is 26.0 Å². The number of hydrogen-bond acceptors (Lipinski definition) is 4. The van der Waals surface area contributed by atoms with Crippen molar-refractivity contribution in [2.45, 2.75) is 26.1 Å². The molecule has 1 aromatic carbocycles. The van der Waals surface area contributed by atoms with Gasteiger partial charge in [-0.2, -0.15) is 0 Å². The number of aliphatic hydroxyl groups excluding tert-OH is 2. The molecule has 0 aliphatic heterocycles. The van der Waals surface area contributed by atoms with Gasteiger partial charge in [-0.1, -0.05) is 0 Å².